The van der Waals surface area contributed by atoms with Crippen molar-refractivity contribution in [3.63, 3.8) is 0 Å². The molecule has 0 spiro atoms. The molecule has 0 radical (unpaired) electrons. The summed E-state index contributed by atoms with van der Waals surface area (Å²) in [5, 5.41) is 5.13. The van der Waals surface area contributed by atoms with Crippen LogP contribution in [0, 0.1) is 0 Å². The first kappa shape index (κ1) is 19.2. The van der Waals surface area contributed by atoms with Gasteiger partial charge in [-0.25, -0.2) is 20.4 Å². The van der Waals surface area contributed by atoms with Crippen LogP contribution in [-0.2, 0) is 16.0 Å². The lowest BCUT2D eigenvalue weighted by molar-refractivity contribution is -0.110. The van der Waals surface area contributed by atoms with E-state index in [1.807, 2.05) is 35.1 Å². The fraction of sp³-hybridized carbons (Fsp3) is 0.0588. The summed E-state index contributed by atoms with van der Waals surface area (Å²) >= 11 is 0. The number of benzene rings is 2. The topological polar surface area (TPSA) is 140 Å². The predicted octanol–water partition coefficient (Wildman–Crippen LogP) is 0.842. The zero-order valence-electron chi connectivity index (χ0n) is 14.1. The van der Waals surface area contributed by atoms with Crippen LogP contribution in [0.25, 0.3) is 0 Å². The monoisotopic (exact) mass is 370 g/mol. The molecule has 0 aliphatic rings. The molecule has 140 valence electrons. The Balaban J connectivity index is 1.87. The van der Waals surface area contributed by atoms with Gasteiger partial charge in [0.25, 0.3) is 0 Å². The van der Waals surface area contributed by atoms with E-state index in [0.717, 1.165) is 11.1 Å². The van der Waals surface area contributed by atoms with Crippen LogP contribution in [0.3, 0.4) is 0 Å². The Kier molecular flexibility index (Phi) is 7.15. The summed E-state index contributed by atoms with van der Waals surface area (Å²) in [4.78, 5) is 43.0. The Labute approximate surface area is 154 Å². The van der Waals surface area contributed by atoms with Crippen LogP contribution in [0.15, 0.2) is 48.5 Å². The average molecular weight is 370 g/mol. The number of nitrogens with one attached hydrogen (secondary N) is 6. The molecule has 0 saturated carbocycles. The summed E-state index contributed by atoms with van der Waals surface area (Å²) < 4.78 is 0. The van der Waals surface area contributed by atoms with E-state index in [0.29, 0.717) is 30.6 Å². The van der Waals surface area contributed by atoms with Crippen LogP contribution in [0.5, 0.6) is 0 Å². The molecular weight excluding hydrogens is 352 g/mol. The van der Waals surface area contributed by atoms with E-state index in [2.05, 4.69) is 21.5 Å². The molecule has 0 heterocycles. The minimum atomic E-state index is -0.551. The van der Waals surface area contributed by atoms with Crippen molar-refractivity contribution in [1.82, 2.24) is 21.7 Å². The number of hydrazine groups is 2. The van der Waals surface area contributed by atoms with Crippen LogP contribution in [0.2, 0.25) is 0 Å². The normalized spacial score (nSPS) is 9.48. The highest BCUT2D eigenvalue weighted by Crippen LogP contribution is 2.16. The largest absolute Gasteiger partial charge is 0.337 e. The molecule has 27 heavy (non-hydrogen) atoms. The van der Waals surface area contributed by atoms with Crippen molar-refractivity contribution in [1.29, 1.82) is 0 Å². The first-order chi connectivity index (χ1) is 13.1. The highest BCUT2D eigenvalue weighted by atomic mass is 16.2. The average Bonchev–Trinajstić information content (AvgIpc) is 2.68. The molecule has 0 aliphatic carbocycles. The van der Waals surface area contributed by atoms with Gasteiger partial charge in [0.1, 0.15) is 0 Å². The number of rotatable bonds is 8. The Hall–Kier alpha value is -4.08. The molecule has 0 saturated heterocycles. The van der Waals surface area contributed by atoms with E-state index in [-0.39, 0.29) is 0 Å². The summed E-state index contributed by atoms with van der Waals surface area (Å²) in [5.41, 5.74) is 11.6. The van der Waals surface area contributed by atoms with Crippen LogP contribution in [0.4, 0.5) is 21.0 Å². The third kappa shape index (κ3) is 6.74. The first-order valence-corrected chi connectivity index (χ1v) is 7.81. The molecule has 0 fully saturated rings. The van der Waals surface area contributed by atoms with Gasteiger partial charge in [0.05, 0.1) is 0 Å². The molecule has 0 aromatic heterocycles. The van der Waals surface area contributed by atoms with Crippen LogP contribution >= 0.6 is 0 Å². The van der Waals surface area contributed by atoms with E-state index in [1.165, 1.54) is 0 Å². The molecule has 0 unspecified atom stereocenters. The van der Waals surface area contributed by atoms with Gasteiger partial charge in [-0.2, -0.15) is 0 Å². The van der Waals surface area contributed by atoms with Crippen molar-refractivity contribution >= 4 is 36.3 Å². The van der Waals surface area contributed by atoms with Crippen LogP contribution in [0.1, 0.15) is 11.1 Å². The highest BCUT2D eigenvalue weighted by Gasteiger charge is 2.03. The Bertz CT molecular complexity index is 725. The summed E-state index contributed by atoms with van der Waals surface area (Å²) in [6.07, 6.45) is 1.38. The van der Waals surface area contributed by atoms with E-state index in [1.54, 1.807) is 24.3 Å². The van der Waals surface area contributed by atoms with Gasteiger partial charge in [-0.1, -0.05) is 24.3 Å². The van der Waals surface area contributed by atoms with Crippen LogP contribution in [-0.4, -0.2) is 24.9 Å². The summed E-state index contributed by atoms with van der Waals surface area (Å²) in [6, 6.07) is 13.4. The Morgan fingerprint density at radius 1 is 0.667 bits per heavy atom. The molecule has 2 aromatic carbocycles. The maximum absolute atomic E-state index is 11.4. The van der Waals surface area contributed by atoms with Crippen molar-refractivity contribution in [2.45, 2.75) is 6.42 Å². The second kappa shape index (κ2) is 10.0. The predicted molar refractivity (Wildman–Crippen MR) is 98.4 cm³/mol. The second-order valence-corrected chi connectivity index (χ2v) is 5.25. The quantitative estimate of drug-likeness (QED) is 0.303. The third-order valence-corrected chi connectivity index (χ3v) is 3.32. The smallest absolute Gasteiger partial charge is 0.307 e. The molecule has 2 aromatic rings. The minimum Gasteiger partial charge on any atom is -0.307 e. The fourth-order valence-corrected chi connectivity index (χ4v) is 2.16. The van der Waals surface area contributed by atoms with E-state index < -0.39 is 12.1 Å². The highest BCUT2D eigenvalue weighted by molar-refractivity contribution is 5.90. The van der Waals surface area contributed by atoms with Gasteiger partial charge >= 0.3 is 12.1 Å². The van der Waals surface area contributed by atoms with Gasteiger partial charge in [0.15, 0.2) is 0 Å². The molecule has 0 aliphatic heterocycles. The number of carbonyl (C=O) groups excluding carboxylic acids is 4. The first-order valence-electron chi connectivity index (χ1n) is 7.81. The molecule has 10 nitrogen and oxygen atoms in total. The Morgan fingerprint density at radius 2 is 1.04 bits per heavy atom. The van der Waals surface area contributed by atoms with E-state index in [4.69, 9.17) is 0 Å². The van der Waals surface area contributed by atoms with Crippen molar-refractivity contribution in [2.24, 2.45) is 0 Å². The van der Waals surface area contributed by atoms with Crippen molar-refractivity contribution in [3.05, 3.63) is 59.7 Å². The van der Waals surface area contributed by atoms with Crippen molar-refractivity contribution in [3.8, 4) is 0 Å². The van der Waals surface area contributed by atoms with Crippen LogP contribution < -0.4 is 32.3 Å². The number of anilines is 2. The van der Waals surface area contributed by atoms with E-state index >= 15 is 0 Å². The lowest BCUT2D eigenvalue weighted by atomic mass is 10.0. The van der Waals surface area contributed by atoms with Crippen molar-refractivity contribution in [2.75, 3.05) is 10.6 Å². The molecular formula is C17H18N6O4. The van der Waals surface area contributed by atoms with Gasteiger partial charge in [-0.3, -0.25) is 20.4 Å². The number of hydrogen-bond donors (Lipinski definition) is 6. The second-order valence-electron chi connectivity index (χ2n) is 5.25. The number of amides is 6. The summed E-state index contributed by atoms with van der Waals surface area (Å²) in [6.45, 7) is 0. The minimum absolute atomic E-state index is 0.359. The lowest BCUT2D eigenvalue weighted by Crippen LogP contribution is -2.39. The van der Waals surface area contributed by atoms with Gasteiger partial charge in [0, 0.05) is 11.4 Å². The fourth-order valence-electron chi connectivity index (χ4n) is 2.16. The number of urea groups is 2. The third-order valence-electron chi connectivity index (χ3n) is 3.32. The SMILES string of the molecule is O=CNNC(=O)Nc1ccc(Cc2ccc(NC(=O)NNC=O)cc2)cc1. The number of carbonyl (C=O) groups is 4. The van der Waals surface area contributed by atoms with Crippen molar-refractivity contribution < 1.29 is 19.2 Å². The van der Waals surface area contributed by atoms with E-state index in [9.17, 15) is 19.2 Å². The molecule has 0 bridgehead atoms. The summed E-state index contributed by atoms with van der Waals surface area (Å²) in [5.74, 6) is 0. The zero-order valence-corrected chi connectivity index (χ0v) is 14.1. The molecule has 6 amide bonds. The summed E-state index contributed by atoms with van der Waals surface area (Å²) in [7, 11) is 0. The molecule has 2 rings (SSSR count). The van der Waals surface area contributed by atoms with Gasteiger partial charge in [-0.05, 0) is 41.8 Å². The zero-order chi connectivity index (χ0) is 19.5. The standard InChI is InChI=1S/C17H18N6O4/c24-10-18-22-16(26)20-14-5-1-12(2-6-14)9-13-3-7-15(8-4-13)21-17(27)23-19-11-25/h1-8,10-11H,9H2,(H,18,24)(H,19,25)(H2,20,22,26)(H2,21,23,27). The maximum atomic E-state index is 11.4. The molecule has 0 atom stereocenters. The number of hydrogen-bond acceptors (Lipinski definition) is 4. The lowest BCUT2D eigenvalue weighted by Gasteiger charge is -2.09. The maximum Gasteiger partial charge on any atom is 0.337 e. The van der Waals surface area contributed by atoms with Gasteiger partial charge in [0.2, 0.25) is 12.8 Å². The van der Waals surface area contributed by atoms with Gasteiger partial charge < -0.3 is 10.6 Å². The Morgan fingerprint density at radius 3 is 1.37 bits per heavy atom. The van der Waals surface area contributed by atoms with Gasteiger partial charge in [-0.15, -0.1) is 0 Å². The molecule has 6 N–H and O–H groups in total. The molecule has 10 heteroatoms.